The fourth-order valence-electron chi connectivity index (χ4n) is 2.47. The number of fused-ring (bicyclic) bond motifs is 1. The number of anilines is 1. The molecule has 0 spiro atoms. The zero-order valence-corrected chi connectivity index (χ0v) is 10.9. The van der Waals surface area contributed by atoms with Gasteiger partial charge in [-0.3, -0.25) is 9.89 Å². The molecule has 0 amide bonds. The van der Waals surface area contributed by atoms with Gasteiger partial charge in [-0.2, -0.15) is 5.10 Å². The summed E-state index contributed by atoms with van der Waals surface area (Å²) in [6, 6.07) is 0. The van der Waals surface area contributed by atoms with Crippen LogP contribution in [-0.4, -0.2) is 39.8 Å². The molecule has 0 atom stereocenters. The van der Waals surface area contributed by atoms with Crippen molar-refractivity contribution in [3.8, 4) is 0 Å². The van der Waals surface area contributed by atoms with Crippen LogP contribution >= 0.6 is 0 Å². The molecule has 4 N–H and O–H groups in total. The van der Waals surface area contributed by atoms with Gasteiger partial charge in [-0.15, -0.1) is 0 Å². The Kier molecular flexibility index (Phi) is 2.78. The molecule has 0 aliphatic carbocycles. The van der Waals surface area contributed by atoms with Gasteiger partial charge < -0.3 is 15.6 Å². The Morgan fingerprint density at radius 2 is 2.21 bits per heavy atom. The highest BCUT2D eigenvalue weighted by Gasteiger charge is 2.30. The first kappa shape index (κ1) is 12.2. The van der Waals surface area contributed by atoms with Crippen molar-refractivity contribution in [1.29, 1.82) is 0 Å². The second-order valence-electron chi connectivity index (χ2n) is 5.52. The van der Waals surface area contributed by atoms with Gasteiger partial charge in [-0.1, -0.05) is 6.92 Å². The molecule has 1 aliphatic rings. The van der Waals surface area contributed by atoms with Crippen LogP contribution in [0.15, 0.2) is 11.0 Å². The number of nitrogens with zero attached hydrogens (tertiary/aromatic N) is 3. The average Bonchev–Trinajstić information content (AvgIpc) is 2.86. The van der Waals surface area contributed by atoms with Crippen molar-refractivity contribution in [1.82, 2.24) is 20.2 Å². The van der Waals surface area contributed by atoms with E-state index in [1.165, 1.54) is 0 Å². The summed E-state index contributed by atoms with van der Waals surface area (Å²) < 4.78 is 0. The largest absolute Gasteiger partial charge is 0.352 e. The van der Waals surface area contributed by atoms with Crippen molar-refractivity contribution < 1.29 is 0 Å². The van der Waals surface area contributed by atoms with Gasteiger partial charge in [-0.25, -0.2) is 4.98 Å². The smallest absolute Gasteiger partial charge is 0.291 e. The van der Waals surface area contributed by atoms with E-state index in [-0.39, 0.29) is 11.0 Å². The minimum atomic E-state index is -0.162. The van der Waals surface area contributed by atoms with Gasteiger partial charge in [0.15, 0.2) is 11.5 Å². The maximum atomic E-state index is 12.0. The van der Waals surface area contributed by atoms with E-state index in [1.54, 1.807) is 6.20 Å². The van der Waals surface area contributed by atoms with Crippen LogP contribution < -0.4 is 16.2 Å². The van der Waals surface area contributed by atoms with Crippen LogP contribution in [0.3, 0.4) is 0 Å². The monoisotopic (exact) mass is 262 g/mol. The molecule has 0 aromatic carbocycles. The van der Waals surface area contributed by atoms with Gasteiger partial charge >= 0.3 is 0 Å². The van der Waals surface area contributed by atoms with E-state index < -0.39 is 0 Å². The van der Waals surface area contributed by atoms with Crippen molar-refractivity contribution in [2.24, 2.45) is 11.1 Å². The van der Waals surface area contributed by atoms with Gasteiger partial charge in [0, 0.05) is 13.1 Å². The second kappa shape index (κ2) is 4.34. The van der Waals surface area contributed by atoms with Crippen LogP contribution in [0.1, 0.15) is 19.8 Å². The summed E-state index contributed by atoms with van der Waals surface area (Å²) in [5.41, 5.74) is 7.07. The van der Waals surface area contributed by atoms with Crippen molar-refractivity contribution in [3.05, 3.63) is 16.6 Å². The van der Waals surface area contributed by atoms with Gasteiger partial charge in [0.1, 0.15) is 5.52 Å². The lowest BCUT2D eigenvalue weighted by atomic mass is 9.80. The molecule has 1 fully saturated rings. The van der Waals surface area contributed by atoms with Crippen molar-refractivity contribution in [3.63, 3.8) is 0 Å². The van der Waals surface area contributed by atoms with Crippen LogP contribution in [0.5, 0.6) is 0 Å². The fourth-order valence-corrected chi connectivity index (χ4v) is 2.47. The van der Waals surface area contributed by atoms with Crippen LogP contribution in [-0.2, 0) is 0 Å². The quantitative estimate of drug-likeness (QED) is 0.718. The van der Waals surface area contributed by atoms with Gasteiger partial charge in [-0.05, 0) is 24.8 Å². The molecule has 19 heavy (non-hydrogen) atoms. The van der Waals surface area contributed by atoms with Crippen LogP contribution in [0.4, 0.5) is 5.82 Å². The molecule has 0 bridgehead atoms. The summed E-state index contributed by atoms with van der Waals surface area (Å²) in [5, 5.41) is 6.65. The maximum absolute atomic E-state index is 12.0. The molecule has 1 aliphatic heterocycles. The van der Waals surface area contributed by atoms with Crippen molar-refractivity contribution in [2.75, 3.05) is 24.5 Å². The Morgan fingerprint density at radius 3 is 2.89 bits per heavy atom. The number of hydrogen-bond donors (Lipinski definition) is 3. The summed E-state index contributed by atoms with van der Waals surface area (Å²) in [7, 11) is 0. The van der Waals surface area contributed by atoms with Gasteiger partial charge in [0.2, 0.25) is 0 Å². The van der Waals surface area contributed by atoms with E-state index in [4.69, 9.17) is 5.73 Å². The Hall–Kier alpha value is -1.89. The Morgan fingerprint density at radius 1 is 1.47 bits per heavy atom. The zero-order chi connectivity index (χ0) is 13.5. The minimum Gasteiger partial charge on any atom is -0.352 e. The van der Waals surface area contributed by atoms with Crippen molar-refractivity contribution >= 4 is 17.0 Å². The van der Waals surface area contributed by atoms with E-state index >= 15 is 0 Å². The molecular weight excluding hydrogens is 244 g/mol. The Labute approximate surface area is 110 Å². The van der Waals surface area contributed by atoms with E-state index in [0.29, 0.717) is 23.5 Å². The first-order valence-electron chi connectivity index (χ1n) is 6.50. The number of rotatable bonds is 2. The third-order valence-corrected chi connectivity index (χ3v) is 4.05. The lowest BCUT2D eigenvalue weighted by molar-refractivity contribution is 0.257. The highest BCUT2D eigenvalue weighted by molar-refractivity contribution is 5.70. The summed E-state index contributed by atoms with van der Waals surface area (Å²) in [4.78, 5) is 21.2. The summed E-state index contributed by atoms with van der Waals surface area (Å²) in [6.07, 6.45) is 3.52. The van der Waals surface area contributed by atoms with E-state index in [9.17, 15) is 4.79 Å². The summed E-state index contributed by atoms with van der Waals surface area (Å²) in [5.74, 6) is 0.468. The summed E-state index contributed by atoms with van der Waals surface area (Å²) in [6.45, 7) is 4.50. The predicted octanol–water partition coefficient (Wildman–Crippen LogP) is 0.211. The molecule has 7 nitrogen and oxygen atoms in total. The van der Waals surface area contributed by atoms with E-state index in [0.717, 1.165) is 25.9 Å². The predicted molar refractivity (Wildman–Crippen MR) is 73.1 cm³/mol. The molecular formula is C12H18N6O. The van der Waals surface area contributed by atoms with Crippen molar-refractivity contribution in [2.45, 2.75) is 19.8 Å². The van der Waals surface area contributed by atoms with E-state index in [1.807, 2.05) is 4.90 Å². The molecule has 3 heterocycles. The molecule has 2 aromatic heterocycles. The highest BCUT2D eigenvalue weighted by atomic mass is 16.1. The lowest BCUT2D eigenvalue weighted by Crippen LogP contribution is -2.44. The first-order chi connectivity index (χ1) is 9.11. The molecule has 1 saturated heterocycles. The van der Waals surface area contributed by atoms with Crippen LogP contribution in [0.2, 0.25) is 0 Å². The van der Waals surface area contributed by atoms with E-state index in [2.05, 4.69) is 27.1 Å². The zero-order valence-electron chi connectivity index (χ0n) is 10.9. The Balaban J connectivity index is 1.89. The third-order valence-electron chi connectivity index (χ3n) is 4.05. The average molecular weight is 262 g/mol. The molecule has 0 unspecified atom stereocenters. The molecule has 0 saturated carbocycles. The third kappa shape index (κ3) is 2.10. The number of aromatic amines is 2. The lowest BCUT2D eigenvalue weighted by Gasteiger charge is -2.38. The number of H-pyrrole nitrogens is 2. The normalized spacial score (nSPS) is 18.9. The molecule has 0 radical (unpaired) electrons. The highest BCUT2D eigenvalue weighted by Crippen LogP contribution is 2.30. The maximum Gasteiger partial charge on any atom is 0.291 e. The SMILES string of the molecule is CC1(CN)CCN(c2nc3[nH]ncc3[nH]c2=O)CC1. The molecule has 3 rings (SSSR count). The fraction of sp³-hybridized carbons (Fsp3) is 0.583. The molecule has 2 aromatic rings. The topological polar surface area (TPSA) is 104 Å². The number of nitrogens with two attached hydrogens (primary N) is 1. The van der Waals surface area contributed by atoms with Crippen LogP contribution in [0.25, 0.3) is 11.2 Å². The number of hydrogen-bond acceptors (Lipinski definition) is 5. The second-order valence-corrected chi connectivity index (χ2v) is 5.52. The number of piperidine rings is 1. The number of nitrogens with one attached hydrogen (secondary N) is 2. The van der Waals surface area contributed by atoms with Gasteiger partial charge in [0.05, 0.1) is 6.20 Å². The molecule has 7 heteroatoms. The standard InChI is InChI=1S/C12H18N6O/c1-12(7-13)2-4-18(5-3-12)10-11(19)15-8-6-14-17-9(8)16-10/h6H,2-5,7,13H2,1H3,(H,15,19)(H,14,16,17). The number of aromatic nitrogens is 4. The Bertz CT molecular complexity index is 637. The molecule has 102 valence electrons. The summed E-state index contributed by atoms with van der Waals surface area (Å²) >= 11 is 0. The van der Waals surface area contributed by atoms with Crippen LogP contribution in [0, 0.1) is 5.41 Å². The first-order valence-corrected chi connectivity index (χ1v) is 6.50. The van der Waals surface area contributed by atoms with Gasteiger partial charge in [0.25, 0.3) is 5.56 Å². The minimum absolute atomic E-state index is 0.162.